The van der Waals surface area contributed by atoms with Crippen LogP contribution in [-0.4, -0.2) is 22.2 Å². The number of aliphatic hydroxyl groups excluding tert-OH is 1. The molecule has 1 aromatic heterocycles. The number of hydrogen-bond acceptors (Lipinski definition) is 3. The Morgan fingerprint density at radius 2 is 2.19 bits per heavy atom. The van der Waals surface area contributed by atoms with Gasteiger partial charge in [0.25, 0.3) is 0 Å². The van der Waals surface area contributed by atoms with E-state index in [1.807, 2.05) is 12.1 Å². The number of aromatic nitrogens is 1. The van der Waals surface area contributed by atoms with Gasteiger partial charge in [0, 0.05) is 18.3 Å². The van der Waals surface area contributed by atoms with Crippen molar-refractivity contribution in [3.63, 3.8) is 0 Å². The minimum absolute atomic E-state index is 0.208. The predicted molar refractivity (Wildman–Crippen MR) is 65.5 cm³/mol. The van der Waals surface area contributed by atoms with Gasteiger partial charge >= 0.3 is 0 Å². The monoisotopic (exact) mass is 220 g/mol. The highest BCUT2D eigenvalue weighted by Crippen LogP contribution is 2.32. The maximum atomic E-state index is 9.43. The maximum Gasteiger partial charge on any atom is 0.128 e. The van der Waals surface area contributed by atoms with Gasteiger partial charge < -0.3 is 10.0 Å². The summed E-state index contributed by atoms with van der Waals surface area (Å²) in [6.07, 6.45) is 3.78. The Morgan fingerprint density at radius 3 is 2.62 bits per heavy atom. The first-order chi connectivity index (χ1) is 7.50. The molecule has 0 radical (unpaired) electrons. The van der Waals surface area contributed by atoms with Crippen LogP contribution in [0.5, 0.6) is 0 Å². The average Bonchev–Trinajstić information content (AvgIpc) is 2.58. The minimum atomic E-state index is -0.437. The molecule has 1 aliphatic rings. The third-order valence-corrected chi connectivity index (χ3v) is 3.43. The molecule has 0 aliphatic carbocycles. The van der Waals surface area contributed by atoms with Crippen LogP contribution in [0.15, 0.2) is 18.3 Å². The van der Waals surface area contributed by atoms with Crippen molar-refractivity contribution >= 4 is 5.82 Å². The van der Waals surface area contributed by atoms with Crippen molar-refractivity contribution in [2.24, 2.45) is 0 Å². The van der Waals surface area contributed by atoms with Gasteiger partial charge in [-0.3, -0.25) is 0 Å². The summed E-state index contributed by atoms with van der Waals surface area (Å²) in [7, 11) is 0. The number of aliphatic hydroxyl groups is 1. The molecule has 0 aromatic carbocycles. The van der Waals surface area contributed by atoms with Gasteiger partial charge in [-0.15, -0.1) is 0 Å². The molecule has 1 aliphatic heterocycles. The lowest BCUT2D eigenvalue weighted by Gasteiger charge is -2.32. The summed E-state index contributed by atoms with van der Waals surface area (Å²) in [5, 5.41) is 9.43. The molecule has 3 heteroatoms. The summed E-state index contributed by atoms with van der Waals surface area (Å²) in [6.45, 7) is 7.35. The Balaban J connectivity index is 2.22. The van der Waals surface area contributed by atoms with Gasteiger partial charge in [-0.25, -0.2) is 4.98 Å². The maximum absolute atomic E-state index is 9.43. The molecular formula is C13H20N2O. The summed E-state index contributed by atoms with van der Waals surface area (Å²) >= 11 is 0. The zero-order valence-electron chi connectivity index (χ0n) is 10.3. The quantitative estimate of drug-likeness (QED) is 0.832. The lowest BCUT2D eigenvalue weighted by molar-refractivity contribution is 0.199. The topological polar surface area (TPSA) is 36.4 Å². The van der Waals surface area contributed by atoms with E-state index < -0.39 is 6.10 Å². The second kappa shape index (κ2) is 4.06. The Morgan fingerprint density at radius 1 is 1.44 bits per heavy atom. The molecule has 16 heavy (non-hydrogen) atoms. The Bertz CT molecular complexity index is 357. The first kappa shape index (κ1) is 11.4. The molecule has 0 amide bonds. The van der Waals surface area contributed by atoms with E-state index in [1.165, 1.54) is 12.8 Å². The van der Waals surface area contributed by atoms with Crippen LogP contribution in [0.2, 0.25) is 0 Å². The lowest BCUT2D eigenvalue weighted by Crippen LogP contribution is -2.38. The molecule has 1 aromatic rings. The van der Waals surface area contributed by atoms with Crippen LogP contribution in [0.25, 0.3) is 0 Å². The predicted octanol–water partition coefficient (Wildman–Crippen LogP) is 2.51. The second-order valence-corrected chi connectivity index (χ2v) is 5.19. The van der Waals surface area contributed by atoms with Gasteiger partial charge in [0.1, 0.15) is 5.82 Å². The summed E-state index contributed by atoms with van der Waals surface area (Å²) in [6, 6.07) is 3.97. The van der Waals surface area contributed by atoms with E-state index in [1.54, 1.807) is 13.1 Å². The van der Waals surface area contributed by atoms with Crippen LogP contribution in [0.1, 0.15) is 45.3 Å². The largest absolute Gasteiger partial charge is 0.389 e. The van der Waals surface area contributed by atoms with E-state index >= 15 is 0 Å². The van der Waals surface area contributed by atoms with Crippen LogP contribution in [0.3, 0.4) is 0 Å². The molecule has 1 saturated heterocycles. The van der Waals surface area contributed by atoms with Crippen molar-refractivity contribution in [3.8, 4) is 0 Å². The first-order valence-corrected chi connectivity index (χ1v) is 5.92. The van der Waals surface area contributed by atoms with Gasteiger partial charge in [-0.2, -0.15) is 0 Å². The molecule has 0 saturated carbocycles. The first-order valence-electron chi connectivity index (χ1n) is 5.92. The fourth-order valence-corrected chi connectivity index (χ4v) is 2.34. The van der Waals surface area contributed by atoms with E-state index in [4.69, 9.17) is 0 Å². The molecule has 0 unspecified atom stereocenters. The van der Waals surface area contributed by atoms with E-state index in [0.717, 1.165) is 17.9 Å². The molecule has 2 heterocycles. The molecular weight excluding hydrogens is 200 g/mol. The van der Waals surface area contributed by atoms with Crippen molar-refractivity contribution in [1.29, 1.82) is 0 Å². The van der Waals surface area contributed by atoms with Crippen molar-refractivity contribution in [3.05, 3.63) is 23.9 Å². The molecule has 2 rings (SSSR count). The minimum Gasteiger partial charge on any atom is -0.389 e. The number of anilines is 1. The third-order valence-electron chi connectivity index (χ3n) is 3.43. The third kappa shape index (κ3) is 2.05. The van der Waals surface area contributed by atoms with Crippen LogP contribution in [0, 0.1) is 0 Å². The van der Waals surface area contributed by atoms with Crippen molar-refractivity contribution < 1.29 is 5.11 Å². The summed E-state index contributed by atoms with van der Waals surface area (Å²) in [4.78, 5) is 6.79. The van der Waals surface area contributed by atoms with Crippen molar-refractivity contribution in [2.75, 3.05) is 11.4 Å². The number of hydrogen-bond donors (Lipinski definition) is 1. The summed E-state index contributed by atoms with van der Waals surface area (Å²) < 4.78 is 0. The SMILES string of the molecule is C[C@H](O)c1ccc(N2CCCC2(C)C)nc1. The molecule has 0 spiro atoms. The lowest BCUT2D eigenvalue weighted by atomic mass is 10.0. The highest BCUT2D eigenvalue weighted by Gasteiger charge is 2.32. The summed E-state index contributed by atoms with van der Waals surface area (Å²) in [5.74, 6) is 1.02. The fourth-order valence-electron chi connectivity index (χ4n) is 2.34. The van der Waals surface area contributed by atoms with E-state index in [0.29, 0.717) is 0 Å². The van der Waals surface area contributed by atoms with Crippen LogP contribution in [-0.2, 0) is 0 Å². The highest BCUT2D eigenvalue weighted by atomic mass is 16.3. The smallest absolute Gasteiger partial charge is 0.128 e. The number of nitrogens with zero attached hydrogens (tertiary/aromatic N) is 2. The van der Waals surface area contributed by atoms with Crippen LogP contribution >= 0.6 is 0 Å². The van der Waals surface area contributed by atoms with Gasteiger partial charge in [0.05, 0.1) is 6.10 Å². The van der Waals surface area contributed by atoms with E-state index in [2.05, 4.69) is 23.7 Å². The van der Waals surface area contributed by atoms with Crippen LogP contribution < -0.4 is 4.90 Å². The summed E-state index contributed by atoms with van der Waals surface area (Å²) in [5.41, 5.74) is 1.08. The number of rotatable bonds is 2. The molecule has 88 valence electrons. The molecule has 1 N–H and O–H groups in total. The Kier molecular flexibility index (Phi) is 2.89. The fraction of sp³-hybridized carbons (Fsp3) is 0.615. The molecule has 1 fully saturated rings. The molecule has 0 bridgehead atoms. The van der Waals surface area contributed by atoms with Gasteiger partial charge in [-0.1, -0.05) is 6.07 Å². The Hall–Kier alpha value is -1.09. The van der Waals surface area contributed by atoms with E-state index in [-0.39, 0.29) is 5.54 Å². The molecule has 1 atom stereocenters. The van der Waals surface area contributed by atoms with Gasteiger partial charge in [0.15, 0.2) is 0 Å². The molecule has 3 nitrogen and oxygen atoms in total. The van der Waals surface area contributed by atoms with Gasteiger partial charge in [0.2, 0.25) is 0 Å². The van der Waals surface area contributed by atoms with E-state index in [9.17, 15) is 5.11 Å². The normalized spacial score (nSPS) is 21.1. The zero-order valence-corrected chi connectivity index (χ0v) is 10.3. The highest BCUT2D eigenvalue weighted by molar-refractivity contribution is 5.44. The second-order valence-electron chi connectivity index (χ2n) is 5.19. The van der Waals surface area contributed by atoms with Crippen LogP contribution in [0.4, 0.5) is 5.82 Å². The zero-order chi connectivity index (χ0) is 11.8. The Labute approximate surface area is 97.1 Å². The number of pyridine rings is 1. The average molecular weight is 220 g/mol. The van der Waals surface area contributed by atoms with Crippen molar-refractivity contribution in [2.45, 2.75) is 45.3 Å². The standard InChI is InChI=1S/C13H20N2O/c1-10(16)11-5-6-12(14-9-11)15-8-4-7-13(15,2)3/h5-6,9-10,16H,4,7-8H2,1-3H3/t10-/m0/s1. The van der Waals surface area contributed by atoms with Crippen molar-refractivity contribution in [1.82, 2.24) is 4.98 Å². The van der Waals surface area contributed by atoms with Gasteiger partial charge in [-0.05, 0) is 45.2 Å².